The smallest absolute Gasteiger partial charge is 0.340 e. The summed E-state index contributed by atoms with van der Waals surface area (Å²) in [7, 11) is 0. The standard InChI is InChI=1S/C8H12N6O2/c9-6-7(14-16-13-6)10-8(15)12-11-5-3-1-2-4-5/h1-4H2,(H2,9,13)(H2,10,12,14,15). The Bertz CT molecular complexity index is 404. The van der Waals surface area contributed by atoms with E-state index in [-0.39, 0.29) is 11.6 Å². The predicted molar refractivity (Wildman–Crippen MR) is 56.8 cm³/mol. The number of carbonyl (C=O) groups excluding carboxylic acids is 1. The number of aromatic nitrogens is 2. The van der Waals surface area contributed by atoms with Crippen molar-refractivity contribution in [1.29, 1.82) is 0 Å². The average Bonchev–Trinajstić information content (AvgIpc) is 2.88. The molecule has 1 aliphatic carbocycles. The van der Waals surface area contributed by atoms with Gasteiger partial charge in [0.15, 0.2) is 0 Å². The molecule has 2 rings (SSSR count). The molecule has 1 aromatic heterocycles. The van der Waals surface area contributed by atoms with Crippen molar-refractivity contribution in [2.75, 3.05) is 11.1 Å². The van der Waals surface area contributed by atoms with Crippen LogP contribution in [0, 0.1) is 0 Å². The number of hydrogen-bond acceptors (Lipinski definition) is 6. The van der Waals surface area contributed by atoms with Crippen LogP contribution in [0.25, 0.3) is 0 Å². The van der Waals surface area contributed by atoms with Gasteiger partial charge in [-0.05, 0) is 36.0 Å². The fourth-order valence-electron chi connectivity index (χ4n) is 1.44. The first-order valence-electron chi connectivity index (χ1n) is 4.96. The zero-order chi connectivity index (χ0) is 11.4. The lowest BCUT2D eigenvalue weighted by molar-refractivity contribution is 0.252. The minimum absolute atomic E-state index is 0.0312. The van der Waals surface area contributed by atoms with E-state index in [1.165, 1.54) is 0 Å². The van der Waals surface area contributed by atoms with Crippen LogP contribution in [0.5, 0.6) is 0 Å². The molecule has 2 amide bonds. The Balaban J connectivity index is 1.85. The minimum atomic E-state index is -0.512. The van der Waals surface area contributed by atoms with Crippen LogP contribution in [0.4, 0.5) is 16.4 Å². The Morgan fingerprint density at radius 2 is 2.12 bits per heavy atom. The molecule has 0 spiro atoms. The van der Waals surface area contributed by atoms with Gasteiger partial charge in [0.25, 0.3) is 0 Å². The molecule has 1 fully saturated rings. The molecule has 0 saturated heterocycles. The van der Waals surface area contributed by atoms with Gasteiger partial charge in [0.2, 0.25) is 11.6 Å². The van der Waals surface area contributed by atoms with E-state index in [0.717, 1.165) is 31.4 Å². The summed E-state index contributed by atoms with van der Waals surface area (Å²) < 4.78 is 4.32. The summed E-state index contributed by atoms with van der Waals surface area (Å²) in [5.41, 5.74) is 8.73. The number of rotatable bonds is 2. The van der Waals surface area contributed by atoms with Crippen molar-refractivity contribution in [2.45, 2.75) is 25.7 Å². The van der Waals surface area contributed by atoms with Crippen molar-refractivity contribution in [1.82, 2.24) is 15.7 Å². The van der Waals surface area contributed by atoms with Crippen LogP contribution in [0.2, 0.25) is 0 Å². The average molecular weight is 224 g/mol. The van der Waals surface area contributed by atoms with Crippen molar-refractivity contribution in [3.8, 4) is 0 Å². The summed E-state index contributed by atoms with van der Waals surface area (Å²) >= 11 is 0. The maximum absolute atomic E-state index is 11.3. The van der Waals surface area contributed by atoms with E-state index in [1.807, 2.05) is 0 Å². The fourth-order valence-corrected chi connectivity index (χ4v) is 1.44. The summed E-state index contributed by atoms with van der Waals surface area (Å²) in [4.78, 5) is 11.3. The first-order chi connectivity index (χ1) is 7.75. The largest absolute Gasteiger partial charge is 0.378 e. The predicted octanol–water partition coefficient (Wildman–Crippen LogP) is 0.703. The Hall–Kier alpha value is -2.12. The molecule has 1 aromatic rings. The Morgan fingerprint density at radius 1 is 1.38 bits per heavy atom. The van der Waals surface area contributed by atoms with Gasteiger partial charge >= 0.3 is 6.03 Å². The molecule has 0 atom stereocenters. The second-order valence-electron chi connectivity index (χ2n) is 3.45. The zero-order valence-corrected chi connectivity index (χ0v) is 8.56. The van der Waals surface area contributed by atoms with Crippen molar-refractivity contribution >= 4 is 23.4 Å². The van der Waals surface area contributed by atoms with E-state index in [0.29, 0.717) is 0 Å². The molecule has 0 aliphatic heterocycles. The monoisotopic (exact) mass is 224 g/mol. The van der Waals surface area contributed by atoms with E-state index in [4.69, 9.17) is 5.73 Å². The summed E-state index contributed by atoms with van der Waals surface area (Å²) in [6.07, 6.45) is 4.13. The van der Waals surface area contributed by atoms with Gasteiger partial charge in [0.1, 0.15) is 0 Å². The van der Waals surface area contributed by atoms with Crippen molar-refractivity contribution in [3.05, 3.63) is 0 Å². The number of hydrogen-bond donors (Lipinski definition) is 3. The van der Waals surface area contributed by atoms with Crippen LogP contribution >= 0.6 is 0 Å². The first-order valence-corrected chi connectivity index (χ1v) is 4.96. The zero-order valence-electron chi connectivity index (χ0n) is 8.56. The van der Waals surface area contributed by atoms with Gasteiger partial charge < -0.3 is 5.73 Å². The van der Waals surface area contributed by atoms with Crippen molar-refractivity contribution < 1.29 is 9.42 Å². The molecule has 4 N–H and O–H groups in total. The topological polar surface area (TPSA) is 118 Å². The quantitative estimate of drug-likeness (QED) is 0.639. The highest BCUT2D eigenvalue weighted by Crippen LogP contribution is 2.14. The van der Waals surface area contributed by atoms with Gasteiger partial charge in [0, 0.05) is 5.71 Å². The molecule has 8 heteroatoms. The number of carbonyl (C=O) groups is 1. The molecular formula is C8H12N6O2. The normalized spacial score (nSPS) is 14.9. The molecule has 8 nitrogen and oxygen atoms in total. The molecule has 1 saturated carbocycles. The third-order valence-corrected chi connectivity index (χ3v) is 2.24. The van der Waals surface area contributed by atoms with Crippen LogP contribution in [-0.4, -0.2) is 22.1 Å². The van der Waals surface area contributed by atoms with Crippen LogP contribution in [0.1, 0.15) is 25.7 Å². The number of nitrogens with one attached hydrogen (secondary N) is 2. The van der Waals surface area contributed by atoms with Gasteiger partial charge in [-0.25, -0.2) is 14.8 Å². The second-order valence-corrected chi connectivity index (χ2v) is 3.45. The van der Waals surface area contributed by atoms with E-state index in [9.17, 15) is 4.79 Å². The SMILES string of the molecule is Nc1nonc1NC(=O)NN=C1CCCC1. The summed E-state index contributed by atoms with van der Waals surface area (Å²) in [5, 5.41) is 13.1. The van der Waals surface area contributed by atoms with Crippen LogP contribution in [-0.2, 0) is 0 Å². The molecule has 0 bridgehead atoms. The van der Waals surface area contributed by atoms with Crippen LogP contribution < -0.4 is 16.5 Å². The van der Waals surface area contributed by atoms with E-state index >= 15 is 0 Å². The van der Waals surface area contributed by atoms with Crippen LogP contribution in [0.15, 0.2) is 9.73 Å². The molecule has 1 aliphatic rings. The third-order valence-electron chi connectivity index (χ3n) is 2.24. The van der Waals surface area contributed by atoms with Crippen LogP contribution in [0.3, 0.4) is 0 Å². The molecule has 0 radical (unpaired) electrons. The number of anilines is 2. The molecule has 16 heavy (non-hydrogen) atoms. The number of urea groups is 1. The number of hydrazone groups is 1. The lowest BCUT2D eigenvalue weighted by atomic mass is 10.3. The van der Waals surface area contributed by atoms with Gasteiger partial charge in [-0.1, -0.05) is 0 Å². The van der Waals surface area contributed by atoms with E-state index < -0.39 is 6.03 Å². The molecule has 0 aromatic carbocycles. The highest BCUT2D eigenvalue weighted by Gasteiger charge is 2.11. The van der Waals surface area contributed by atoms with Gasteiger partial charge in [-0.2, -0.15) is 5.10 Å². The number of amides is 2. The van der Waals surface area contributed by atoms with Crippen molar-refractivity contribution in [3.63, 3.8) is 0 Å². The first kappa shape index (κ1) is 10.4. The Morgan fingerprint density at radius 3 is 2.75 bits per heavy atom. The Labute approximate surface area is 91.2 Å². The summed E-state index contributed by atoms with van der Waals surface area (Å²) in [6, 6.07) is -0.512. The third kappa shape index (κ3) is 2.47. The maximum Gasteiger partial charge on any atom is 0.340 e. The number of nitrogens with two attached hydrogens (primary N) is 1. The van der Waals surface area contributed by atoms with E-state index in [1.54, 1.807) is 0 Å². The molecule has 86 valence electrons. The van der Waals surface area contributed by atoms with Gasteiger partial charge in [-0.15, -0.1) is 0 Å². The van der Waals surface area contributed by atoms with E-state index in [2.05, 4.69) is 30.8 Å². The summed E-state index contributed by atoms with van der Waals surface area (Å²) in [5.74, 6) is 0.118. The Kier molecular flexibility index (Phi) is 2.99. The molecule has 0 unspecified atom stereocenters. The lowest BCUT2D eigenvalue weighted by Gasteiger charge is -2.00. The highest BCUT2D eigenvalue weighted by atomic mass is 16.6. The number of nitrogen functional groups attached to an aromatic ring is 1. The van der Waals surface area contributed by atoms with Crippen molar-refractivity contribution in [2.24, 2.45) is 5.10 Å². The minimum Gasteiger partial charge on any atom is -0.378 e. The van der Waals surface area contributed by atoms with Gasteiger partial charge in [0.05, 0.1) is 0 Å². The summed E-state index contributed by atoms with van der Waals surface area (Å²) in [6.45, 7) is 0. The maximum atomic E-state index is 11.3. The molecular weight excluding hydrogens is 212 g/mol. The fraction of sp³-hybridized carbons (Fsp3) is 0.500. The van der Waals surface area contributed by atoms with Gasteiger partial charge in [-0.3, -0.25) is 5.32 Å². The number of nitrogens with zero attached hydrogens (tertiary/aromatic N) is 3. The second kappa shape index (κ2) is 4.60. The highest BCUT2D eigenvalue weighted by molar-refractivity contribution is 5.92. The lowest BCUT2D eigenvalue weighted by Crippen LogP contribution is -2.25. The molecule has 1 heterocycles.